The van der Waals surface area contributed by atoms with Gasteiger partial charge in [-0.25, -0.2) is 9.97 Å². The summed E-state index contributed by atoms with van der Waals surface area (Å²) in [5.41, 5.74) is 3.80. The van der Waals surface area contributed by atoms with Crippen LogP contribution in [0.1, 0.15) is 6.92 Å². The maximum absolute atomic E-state index is 11.9. The third kappa shape index (κ3) is 4.02. The minimum atomic E-state index is -0.259. The van der Waals surface area contributed by atoms with Crippen LogP contribution in [0.25, 0.3) is 27.8 Å². The average molecular weight is 420 g/mol. The zero-order valence-electron chi connectivity index (χ0n) is 16.7. The van der Waals surface area contributed by atoms with E-state index in [2.05, 4.69) is 28.3 Å². The van der Waals surface area contributed by atoms with Crippen LogP contribution in [0.15, 0.2) is 72.1 Å². The number of ether oxygens (including phenoxy) is 2. The molecule has 0 atom stereocenters. The Morgan fingerprint density at radius 1 is 1.07 bits per heavy atom. The molecule has 152 valence electrons. The molecule has 0 saturated heterocycles. The van der Waals surface area contributed by atoms with Gasteiger partial charge in [-0.1, -0.05) is 42.1 Å². The molecule has 2 aromatic carbocycles. The van der Waals surface area contributed by atoms with Crippen LogP contribution in [0.3, 0.4) is 0 Å². The quantitative estimate of drug-likeness (QED) is 0.245. The monoisotopic (exact) mass is 419 g/mol. The molecule has 0 aliphatic heterocycles. The molecule has 6 nitrogen and oxygen atoms in total. The Hall–Kier alpha value is -3.32. The zero-order valence-corrected chi connectivity index (χ0v) is 17.6. The molecule has 0 amide bonds. The molecule has 0 radical (unpaired) electrons. The number of carbonyl (C=O) groups excluding carboxylic acids is 1. The lowest BCUT2D eigenvalue weighted by Crippen LogP contribution is -2.06. The van der Waals surface area contributed by atoms with E-state index in [1.165, 1.54) is 18.1 Å². The molecule has 0 spiro atoms. The molecule has 0 N–H and O–H groups in total. The van der Waals surface area contributed by atoms with Gasteiger partial charge in [0, 0.05) is 17.4 Å². The van der Waals surface area contributed by atoms with E-state index in [9.17, 15) is 4.79 Å². The van der Waals surface area contributed by atoms with Crippen LogP contribution in [0.4, 0.5) is 0 Å². The van der Waals surface area contributed by atoms with E-state index in [0.29, 0.717) is 6.61 Å². The standard InChI is InChI=1S/C23H21N3O3S/c1-3-29-20(27)14-30-23-21-19(16-7-5-4-6-8-16)13-26(22(21)24-15-25-23)17-9-11-18(28-2)12-10-17/h4-13,15H,3,14H2,1-2H3. The van der Waals surface area contributed by atoms with Crippen molar-refractivity contribution >= 4 is 28.8 Å². The summed E-state index contributed by atoms with van der Waals surface area (Å²) in [4.78, 5) is 20.9. The van der Waals surface area contributed by atoms with Gasteiger partial charge in [-0.05, 0) is 36.8 Å². The van der Waals surface area contributed by atoms with E-state index in [1.54, 1.807) is 14.0 Å². The molecule has 2 heterocycles. The highest BCUT2D eigenvalue weighted by Crippen LogP contribution is 2.36. The van der Waals surface area contributed by atoms with Crippen molar-refractivity contribution in [2.24, 2.45) is 0 Å². The van der Waals surface area contributed by atoms with Crippen LogP contribution >= 0.6 is 11.8 Å². The van der Waals surface area contributed by atoms with Gasteiger partial charge in [-0.3, -0.25) is 4.79 Å². The summed E-state index contributed by atoms with van der Waals surface area (Å²) in [6.07, 6.45) is 3.59. The SMILES string of the molecule is CCOC(=O)CSc1ncnc2c1c(-c1ccccc1)cn2-c1ccc(OC)cc1. The van der Waals surface area contributed by atoms with E-state index in [-0.39, 0.29) is 11.7 Å². The maximum Gasteiger partial charge on any atom is 0.316 e. The van der Waals surface area contributed by atoms with Crippen LogP contribution in [0.5, 0.6) is 5.75 Å². The second kappa shape index (κ2) is 9.00. The highest BCUT2D eigenvalue weighted by molar-refractivity contribution is 8.00. The molecule has 7 heteroatoms. The summed E-state index contributed by atoms with van der Waals surface area (Å²) in [7, 11) is 1.65. The molecular weight excluding hydrogens is 398 g/mol. The predicted molar refractivity (Wildman–Crippen MR) is 118 cm³/mol. The number of aromatic nitrogens is 3. The molecule has 4 aromatic rings. The third-order valence-corrected chi connectivity index (χ3v) is 5.58. The fourth-order valence-electron chi connectivity index (χ4n) is 3.25. The van der Waals surface area contributed by atoms with Gasteiger partial charge in [-0.15, -0.1) is 0 Å². The second-order valence-corrected chi connectivity index (χ2v) is 7.41. The van der Waals surface area contributed by atoms with E-state index >= 15 is 0 Å². The summed E-state index contributed by atoms with van der Waals surface area (Å²) in [6, 6.07) is 17.9. The largest absolute Gasteiger partial charge is 0.497 e. The van der Waals surface area contributed by atoms with E-state index in [1.807, 2.05) is 47.0 Å². The molecule has 0 fully saturated rings. The van der Waals surface area contributed by atoms with Gasteiger partial charge in [0.25, 0.3) is 0 Å². The first kappa shape index (κ1) is 20.0. The van der Waals surface area contributed by atoms with Crippen molar-refractivity contribution in [3.8, 4) is 22.6 Å². The summed E-state index contributed by atoms with van der Waals surface area (Å²) in [5, 5.41) is 1.66. The van der Waals surface area contributed by atoms with Crippen molar-refractivity contribution in [3.05, 3.63) is 67.1 Å². The topological polar surface area (TPSA) is 66.2 Å². The molecular formula is C23H21N3O3S. The fraction of sp³-hybridized carbons (Fsp3) is 0.174. The fourth-order valence-corrected chi connectivity index (χ4v) is 4.05. The molecule has 0 bridgehead atoms. The zero-order chi connectivity index (χ0) is 20.9. The van der Waals surface area contributed by atoms with Crippen molar-refractivity contribution in [1.82, 2.24) is 14.5 Å². The number of methoxy groups -OCH3 is 1. The first-order valence-corrected chi connectivity index (χ1v) is 10.5. The van der Waals surface area contributed by atoms with Gasteiger partial charge in [0.2, 0.25) is 0 Å². The van der Waals surface area contributed by atoms with Gasteiger partial charge >= 0.3 is 5.97 Å². The number of hydrogen-bond donors (Lipinski definition) is 0. The number of carbonyl (C=O) groups is 1. The van der Waals surface area contributed by atoms with E-state index in [4.69, 9.17) is 9.47 Å². The van der Waals surface area contributed by atoms with Crippen LogP contribution < -0.4 is 4.74 Å². The minimum absolute atomic E-state index is 0.196. The number of thioether (sulfide) groups is 1. The second-order valence-electron chi connectivity index (χ2n) is 6.45. The molecule has 0 aliphatic rings. The smallest absolute Gasteiger partial charge is 0.316 e. The first-order chi connectivity index (χ1) is 14.7. The molecule has 4 rings (SSSR count). The van der Waals surface area contributed by atoms with Gasteiger partial charge in [0.15, 0.2) is 0 Å². The number of fused-ring (bicyclic) bond motifs is 1. The molecule has 0 unspecified atom stereocenters. The van der Waals surface area contributed by atoms with Crippen LogP contribution in [0, 0.1) is 0 Å². The lowest BCUT2D eigenvalue weighted by molar-refractivity contribution is -0.139. The summed E-state index contributed by atoms with van der Waals surface area (Å²) < 4.78 is 12.4. The number of benzene rings is 2. The molecule has 30 heavy (non-hydrogen) atoms. The average Bonchev–Trinajstić information content (AvgIpc) is 3.19. The van der Waals surface area contributed by atoms with Crippen LogP contribution in [-0.2, 0) is 9.53 Å². The van der Waals surface area contributed by atoms with Gasteiger partial charge in [0.1, 0.15) is 22.7 Å². The highest BCUT2D eigenvalue weighted by atomic mass is 32.2. The van der Waals surface area contributed by atoms with Crippen molar-refractivity contribution in [2.75, 3.05) is 19.5 Å². The number of nitrogens with zero attached hydrogens (tertiary/aromatic N) is 3. The van der Waals surface area contributed by atoms with Crippen molar-refractivity contribution < 1.29 is 14.3 Å². The lowest BCUT2D eigenvalue weighted by atomic mass is 10.1. The Labute approximate surface area is 178 Å². The summed E-state index contributed by atoms with van der Waals surface area (Å²) in [5.74, 6) is 0.728. The number of esters is 1. The predicted octanol–water partition coefficient (Wildman–Crippen LogP) is 4.75. The first-order valence-electron chi connectivity index (χ1n) is 9.55. The lowest BCUT2D eigenvalue weighted by Gasteiger charge is -2.07. The summed E-state index contributed by atoms with van der Waals surface area (Å²) in [6.45, 7) is 2.16. The van der Waals surface area contributed by atoms with Crippen molar-refractivity contribution in [1.29, 1.82) is 0 Å². The summed E-state index contributed by atoms with van der Waals surface area (Å²) >= 11 is 1.36. The molecule has 0 aliphatic carbocycles. The van der Waals surface area contributed by atoms with Crippen LogP contribution in [0.2, 0.25) is 0 Å². The van der Waals surface area contributed by atoms with Crippen molar-refractivity contribution in [2.45, 2.75) is 11.9 Å². The number of rotatable bonds is 7. The normalized spacial score (nSPS) is 10.9. The Balaban J connectivity index is 1.85. The van der Waals surface area contributed by atoms with Gasteiger partial charge in [-0.2, -0.15) is 0 Å². The van der Waals surface area contributed by atoms with E-state index in [0.717, 1.165) is 38.6 Å². The Bertz CT molecular complexity index is 1160. The molecule has 2 aromatic heterocycles. The maximum atomic E-state index is 11.9. The minimum Gasteiger partial charge on any atom is -0.497 e. The van der Waals surface area contributed by atoms with Crippen molar-refractivity contribution in [3.63, 3.8) is 0 Å². The highest BCUT2D eigenvalue weighted by Gasteiger charge is 2.18. The van der Waals surface area contributed by atoms with Gasteiger partial charge < -0.3 is 14.0 Å². The molecule has 0 saturated carbocycles. The Kier molecular flexibility index (Phi) is 5.99. The van der Waals surface area contributed by atoms with Gasteiger partial charge in [0.05, 0.1) is 24.9 Å². The third-order valence-electron chi connectivity index (χ3n) is 4.62. The van der Waals surface area contributed by atoms with Crippen LogP contribution in [-0.4, -0.2) is 40.0 Å². The Morgan fingerprint density at radius 3 is 2.53 bits per heavy atom. The van der Waals surface area contributed by atoms with E-state index < -0.39 is 0 Å². The Morgan fingerprint density at radius 2 is 1.83 bits per heavy atom. The number of hydrogen-bond acceptors (Lipinski definition) is 6.